The van der Waals surface area contributed by atoms with Crippen molar-refractivity contribution >= 4 is 23.1 Å². The lowest BCUT2D eigenvalue weighted by Crippen LogP contribution is -2.53. The monoisotopic (exact) mass is 314 g/mol. The molecule has 0 bridgehead atoms. The molecule has 122 valence electrons. The van der Waals surface area contributed by atoms with E-state index >= 15 is 0 Å². The van der Waals surface area contributed by atoms with Crippen LogP contribution in [0.4, 0.5) is 0 Å². The Balaban J connectivity index is 2.90. The zero-order chi connectivity index (χ0) is 15.9. The molecular formula is C16H30N2O2S. The van der Waals surface area contributed by atoms with Gasteiger partial charge in [0.1, 0.15) is 0 Å². The van der Waals surface area contributed by atoms with Crippen LogP contribution < -0.4 is 5.73 Å². The lowest BCUT2D eigenvalue weighted by molar-refractivity contribution is -0.141. The zero-order valence-corrected chi connectivity index (χ0v) is 14.5. The van der Waals surface area contributed by atoms with Crippen molar-refractivity contribution in [3.05, 3.63) is 0 Å². The number of thiocarbonyl (C=S) groups is 1. The van der Waals surface area contributed by atoms with Gasteiger partial charge in [0, 0.05) is 20.2 Å². The Morgan fingerprint density at radius 2 is 2.00 bits per heavy atom. The second kappa shape index (κ2) is 8.69. The van der Waals surface area contributed by atoms with Gasteiger partial charge in [-0.05, 0) is 31.6 Å². The molecule has 1 aliphatic heterocycles. The fourth-order valence-corrected chi connectivity index (χ4v) is 3.76. The molecule has 1 heterocycles. The van der Waals surface area contributed by atoms with Gasteiger partial charge in [0.05, 0.1) is 17.0 Å². The summed E-state index contributed by atoms with van der Waals surface area (Å²) < 4.78 is 5.25. The fourth-order valence-electron chi connectivity index (χ4n) is 3.47. The lowest BCUT2D eigenvalue weighted by Gasteiger charge is -2.40. The molecule has 0 aromatic rings. The molecule has 1 rings (SSSR count). The maximum atomic E-state index is 13.1. The predicted octanol–water partition coefficient (Wildman–Crippen LogP) is 2.74. The maximum absolute atomic E-state index is 13.1. The van der Waals surface area contributed by atoms with Crippen molar-refractivity contribution in [3.8, 4) is 0 Å². The first kappa shape index (κ1) is 18.4. The third kappa shape index (κ3) is 4.39. The van der Waals surface area contributed by atoms with Crippen LogP contribution in [-0.2, 0) is 9.53 Å². The molecule has 5 heteroatoms. The molecule has 1 atom stereocenters. The minimum Gasteiger partial charge on any atom is -0.392 e. The molecule has 1 saturated heterocycles. The van der Waals surface area contributed by atoms with E-state index < -0.39 is 5.41 Å². The third-order valence-corrected chi connectivity index (χ3v) is 4.83. The van der Waals surface area contributed by atoms with Crippen molar-refractivity contribution in [1.29, 1.82) is 0 Å². The van der Waals surface area contributed by atoms with Gasteiger partial charge in [0.2, 0.25) is 5.91 Å². The van der Waals surface area contributed by atoms with E-state index in [0.717, 1.165) is 51.6 Å². The number of ether oxygens (including phenoxy) is 1. The first-order chi connectivity index (χ1) is 10.0. The van der Waals surface area contributed by atoms with Crippen LogP contribution in [0.3, 0.4) is 0 Å². The summed E-state index contributed by atoms with van der Waals surface area (Å²) in [4.78, 5) is 15.4. The number of nitrogens with zero attached hydrogens (tertiary/aromatic N) is 1. The van der Waals surface area contributed by atoms with Gasteiger partial charge in [-0.15, -0.1) is 0 Å². The Morgan fingerprint density at radius 3 is 2.48 bits per heavy atom. The zero-order valence-electron chi connectivity index (χ0n) is 13.7. The Hall–Kier alpha value is -0.680. The SMILES string of the molecule is CCCC(CCC)(C(=O)N1CCCC(COC)C1)C(N)=S. The van der Waals surface area contributed by atoms with Gasteiger partial charge in [-0.2, -0.15) is 0 Å². The molecule has 2 N–H and O–H groups in total. The van der Waals surface area contributed by atoms with Crippen molar-refractivity contribution in [2.45, 2.75) is 52.4 Å². The summed E-state index contributed by atoms with van der Waals surface area (Å²) in [6.07, 6.45) is 5.49. The topological polar surface area (TPSA) is 55.6 Å². The number of piperidine rings is 1. The van der Waals surface area contributed by atoms with E-state index in [9.17, 15) is 4.79 Å². The molecule has 1 aliphatic rings. The third-order valence-electron chi connectivity index (χ3n) is 4.44. The Morgan fingerprint density at radius 1 is 1.38 bits per heavy atom. The first-order valence-corrected chi connectivity index (χ1v) is 8.50. The molecule has 4 nitrogen and oxygen atoms in total. The molecule has 1 unspecified atom stereocenters. The summed E-state index contributed by atoms with van der Waals surface area (Å²) in [5.74, 6) is 0.569. The van der Waals surface area contributed by atoms with Gasteiger partial charge in [0.25, 0.3) is 0 Å². The van der Waals surface area contributed by atoms with Gasteiger partial charge in [0.15, 0.2) is 0 Å². The molecule has 0 aromatic carbocycles. The van der Waals surface area contributed by atoms with Crippen LogP contribution in [0.25, 0.3) is 0 Å². The van der Waals surface area contributed by atoms with Crippen molar-refractivity contribution in [3.63, 3.8) is 0 Å². The van der Waals surface area contributed by atoms with Gasteiger partial charge in [-0.25, -0.2) is 0 Å². The summed E-state index contributed by atoms with van der Waals surface area (Å²) in [5.41, 5.74) is 5.36. The van der Waals surface area contributed by atoms with E-state index in [2.05, 4.69) is 13.8 Å². The Bertz CT molecular complexity index is 352. The number of methoxy groups -OCH3 is 1. The number of rotatable bonds is 8. The number of carbonyl (C=O) groups excluding carboxylic acids is 1. The highest BCUT2D eigenvalue weighted by Gasteiger charge is 2.43. The number of nitrogens with two attached hydrogens (primary N) is 1. The van der Waals surface area contributed by atoms with Gasteiger partial charge in [-0.1, -0.05) is 38.9 Å². The van der Waals surface area contributed by atoms with E-state index in [0.29, 0.717) is 17.5 Å². The normalized spacial score (nSPS) is 19.6. The summed E-state index contributed by atoms with van der Waals surface area (Å²) >= 11 is 5.29. The largest absolute Gasteiger partial charge is 0.392 e. The van der Waals surface area contributed by atoms with Crippen molar-refractivity contribution in [2.24, 2.45) is 17.1 Å². The van der Waals surface area contributed by atoms with Crippen molar-refractivity contribution in [2.75, 3.05) is 26.8 Å². The average molecular weight is 314 g/mol. The summed E-state index contributed by atoms with van der Waals surface area (Å²) in [7, 11) is 1.72. The summed E-state index contributed by atoms with van der Waals surface area (Å²) in [6, 6.07) is 0. The molecule has 1 fully saturated rings. The number of hydrogen-bond acceptors (Lipinski definition) is 3. The minimum atomic E-state index is -0.645. The summed E-state index contributed by atoms with van der Waals surface area (Å²) in [6.45, 7) is 6.46. The second-order valence-corrected chi connectivity index (χ2v) is 6.60. The smallest absolute Gasteiger partial charge is 0.235 e. The lowest BCUT2D eigenvalue weighted by atomic mass is 9.77. The minimum absolute atomic E-state index is 0.138. The van der Waals surface area contributed by atoms with Crippen LogP contribution in [0.5, 0.6) is 0 Å². The van der Waals surface area contributed by atoms with Crippen LogP contribution in [0.2, 0.25) is 0 Å². The first-order valence-electron chi connectivity index (χ1n) is 8.10. The van der Waals surface area contributed by atoms with Gasteiger partial charge >= 0.3 is 0 Å². The molecule has 0 radical (unpaired) electrons. The Labute approximate surface area is 134 Å². The number of likely N-dealkylation sites (tertiary alicyclic amines) is 1. The molecule has 21 heavy (non-hydrogen) atoms. The van der Waals surface area contributed by atoms with Crippen molar-refractivity contribution in [1.82, 2.24) is 4.90 Å². The maximum Gasteiger partial charge on any atom is 0.235 e. The van der Waals surface area contributed by atoms with Crippen LogP contribution in [0.15, 0.2) is 0 Å². The van der Waals surface area contributed by atoms with Gasteiger partial charge in [-0.3, -0.25) is 4.79 Å². The average Bonchev–Trinajstić information content (AvgIpc) is 2.46. The molecule has 0 spiro atoms. The molecule has 0 saturated carbocycles. The van der Waals surface area contributed by atoms with Crippen LogP contribution in [-0.4, -0.2) is 42.6 Å². The molecule has 0 aromatic heterocycles. The van der Waals surface area contributed by atoms with E-state index in [1.807, 2.05) is 4.90 Å². The molecule has 1 amide bonds. The van der Waals surface area contributed by atoms with Crippen LogP contribution >= 0.6 is 12.2 Å². The Kier molecular flexibility index (Phi) is 7.60. The standard InChI is InChI=1S/C16H30N2O2S/c1-4-8-16(9-5-2,14(17)21)15(19)18-10-6-7-13(11-18)12-20-3/h13H,4-12H2,1-3H3,(H2,17,21). The van der Waals surface area contributed by atoms with E-state index in [1.165, 1.54) is 0 Å². The van der Waals surface area contributed by atoms with E-state index in [-0.39, 0.29) is 5.91 Å². The van der Waals surface area contributed by atoms with E-state index in [1.54, 1.807) is 7.11 Å². The quantitative estimate of drug-likeness (QED) is 0.700. The highest BCUT2D eigenvalue weighted by Crippen LogP contribution is 2.34. The van der Waals surface area contributed by atoms with Gasteiger partial charge < -0.3 is 15.4 Å². The highest BCUT2D eigenvalue weighted by molar-refractivity contribution is 7.80. The number of amides is 1. The highest BCUT2D eigenvalue weighted by atomic mass is 32.1. The molecule has 0 aliphatic carbocycles. The molecular weight excluding hydrogens is 284 g/mol. The number of carbonyl (C=O) groups is 1. The van der Waals surface area contributed by atoms with E-state index in [4.69, 9.17) is 22.7 Å². The van der Waals surface area contributed by atoms with Crippen LogP contribution in [0, 0.1) is 11.3 Å². The second-order valence-electron chi connectivity index (χ2n) is 6.16. The fraction of sp³-hybridized carbons (Fsp3) is 0.875. The van der Waals surface area contributed by atoms with Crippen molar-refractivity contribution < 1.29 is 9.53 Å². The predicted molar refractivity (Wildman–Crippen MR) is 90.2 cm³/mol. The number of hydrogen-bond donors (Lipinski definition) is 1. The van der Waals surface area contributed by atoms with Crippen LogP contribution in [0.1, 0.15) is 52.4 Å². The summed E-state index contributed by atoms with van der Waals surface area (Å²) in [5, 5.41) is 0.